The summed E-state index contributed by atoms with van der Waals surface area (Å²) < 4.78 is 8.15. The van der Waals surface area contributed by atoms with Crippen LogP contribution in [0.2, 0.25) is 0 Å². The highest BCUT2D eigenvalue weighted by atomic mass is 16.5. The number of para-hydroxylation sites is 1. The number of pyridine rings is 1. The molecule has 172 valence electrons. The third kappa shape index (κ3) is 2.91. The minimum absolute atomic E-state index is 0.241. The standard InChI is InChI=1S/C30H26N4O/c1-20-25-12-13-26-28(30(25,23-8-4-2-5-9-23)18-22-19-32-35-27(20)22)33-29(21-14-16-31-17-15-21)34(26)24-10-6-3-7-11-24/h2-11,14-17,19-20,25H,12-13,18H2,1H3/t20-,25-,30+/m0/s1. The molecule has 0 saturated heterocycles. The Bertz CT molecular complexity index is 1490. The van der Waals surface area contributed by atoms with E-state index in [2.05, 4.69) is 94.4 Å². The summed E-state index contributed by atoms with van der Waals surface area (Å²) in [5.74, 6) is 2.66. The molecule has 0 spiro atoms. The first-order valence-electron chi connectivity index (χ1n) is 12.3. The maximum Gasteiger partial charge on any atom is 0.145 e. The van der Waals surface area contributed by atoms with E-state index in [1.165, 1.54) is 22.5 Å². The first-order valence-corrected chi connectivity index (χ1v) is 12.3. The van der Waals surface area contributed by atoms with Crippen LogP contribution in [-0.4, -0.2) is 19.7 Å². The van der Waals surface area contributed by atoms with Crippen LogP contribution in [0.4, 0.5) is 0 Å². The summed E-state index contributed by atoms with van der Waals surface area (Å²) in [7, 11) is 0. The molecule has 5 aromatic rings. The summed E-state index contributed by atoms with van der Waals surface area (Å²) in [5, 5.41) is 4.20. The van der Waals surface area contributed by atoms with E-state index < -0.39 is 0 Å². The number of imidazole rings is 1. The third-order valence-corrected chi connectivity index (χ3v) is 8.12. The van der Waals surface area contributed by atoms with Crippen molar-refractivity contribution in [1.82, 2.24) is 19.7 Å². The van der Waals surface area contributed by atoms with Gasteiger partial charge >= 0.3 is 0 Å². The highest BCUT2D eigenvalue weighted by Gasteiger charge is 2.54. The molecule has 0 amide bonds. The van der Waals surface area contributed by atoms with Gasteiger partial charge in [-0.15, -0.1) is 0 Å². The fourth-order valence-corrected chi connectivity index (χ4v) is 6.65. The Labute approximate surface area is 204 Å². The van der Waals surface area contributed by atoms with Crippen molar-refractivity contribution in [2.75, 3.05) is 0 Å². The van der Waals surface area contributed by atoms with Crippen molar-refractivity contribution < 1.29 is 4.52 Å². The molecule has 3 atom stereocenters. The second-order valence-corrected chi connectivity index (χ2v) is 9.80. The molecule has 5 nitrogen and oxygen atoms in total. The van der Waals surface area contributed by atoms with E-state index >= 15 is 0 Å². The quantitative estimate of drug-likeness (QED) is 0.326. The fourth-order valence-electron chi connectivity index (χ4n) is 6.65. The van der Waals surface area contributed by atoms with Crippen molar-refractivity contribution in [1.29, 1.82) is 0 Å². The first kappa shape index (κ1) is 20.4. The van der Waals surface area contributed by atoms with Crippen LogP contribution in [0.3, 0.4) is 0 Å². The first-order chi connectivity index (χ1) is 17.3. The third-order valence-electron chi connectivity index (χ3n) is 8.12. The zero-order chi connectivity index (χ0) is 23.4. The molecular formula is C30H26N4O. The van der Waals surface area contributed by atoms with Crippen molar-refractivity contribution in [2.45, 2.75) is 37.5 Å². The van der Waals surface area contributed by atoms with Crippen LogP contribution in [0.25, 0.3) is 17.1 Å². The number of aromatic nitrogens is 4. The molecule has 0 saturated carbocycles. The van der Waals surface area contributed by atoms with Crippen molar-refractivity contribution in [2.24, 2.45) is 5.92 Å². The van der Waals surface area contributed by atoms with Gasteiger partial charge in [-0.25, -0.2) is 4.98 Å². The highest BCUT2D eigenvalue weighted by Crippen LogP contribution is 2.57. The molecule has 2 aliphatic rings. The van der Waals surface area contributed by atoms with Gasteiger partial charge in [-0.3, -0.25) is 9.55 Å². The predicted molar refractivity (Wildman–Crippen MR) is 134 cm³/mol. The summed E-state index contributed by atoms with van der Waals surface area (Å²) >= 11 is 0. The maximum atomic E-state index is 5.77. The van der Waals surface area contributed by atoms with E-state index in [1.807, 2.05) is 18.6 Å². The molecule has 3 aromatic heterocycles. The lowest BCUT2D eigenvalue weighted by atomic mass is 9.54. The van der Waals surface area contributed by atoms with Crippen molar-refractivity contribution in [3.8, 4) is 17.1 Å². The van der Waals surface area contributed by atoms with Crippen molar-refractivity contribution in [3.63, 3.8) is 0 Å². The summed E-state index contributed by atoms with van der Waals surface area (Å²) in [6.45, 7) is 2.30. The van der Waals surface area contributed by atoms with E-state index in [1.54, 1.807) is 0 Å². The average Bonchev–Trinajstić information content (AvgIpc) is 3.55. The van der Waals surface area contributed by atoms with Crippen LogP contribution >= 0.6 is 0 Å². The number of hydrogen-bond acceptors (Lipinski definition) is 4. The van der Waals surface area contributed by atoms with Gasteiger partial charge in [0.15, 0.2) is 0 Å². The Morgan fingerprint density at radius 3 is 2.46 bits per heavy atom. The van der Waals surface area contributed by atoms with E-state index in [-0.39, 0.29) is 11.3 Å². The SMILES string of the molecule is C[C@@H]1c2oncc2C[C@]2(c3ccccc3)c3nc(-c4ccncc4)n(-c4ccccc4)c3CC[C@@H]12. The Hall–Kier alpha value is -3.99. The molecule has 2 aliphatic carbocycles. The number of rotatable bonds is 3. The van der Waals surface area contributed by atoms with Gasteiger partial charge < -0.3 is 4.52 Å². The average molecular weight is 459 g/mol. The summed E-state index contributed by atoms with van der Waals surface area (Å²) in [6.07, 6.45) is 8.49. The van der Waals surface area contributed by atoms with E-state index in [9.17, 15) is 0 Å². The van der Waals surface area contributed by atoms with Crippen LogP contribution in [0.15, 0.2) is 95.9 Å². The van der Waals surface area contributed by atoms with Crippen LogP contribution < -0.4 is 0 Å². The Morgan fingerprint density at radius 1 is 0.943 bits per heavy atom. The fraction of sp³-hybridized carbons (Fsp3) is 0.233. The summed E-state index contributed by atoms with van der Waals surface area (Å²) in [6, 6.07) is 25.7. The van der Waals surface area contributed by atoms with Gasteiger partial charge in [0.25, 0.3) is 0 Å². The number of benzene rings is 2. The van der Waals surface area contributed by atoms with Gasteiger partial charge in [0.1, 0.15) is 11.6 Å². The molecular weight excluding hydrogens is 432 g/mol. The lowest BCUT2D eigenvalue weighted by Crippen LogP contribution is -2.47. The Kier molecular flexibility index (Phi) is 4.53. The number of nitrogens with zero attached hydrogens (tertiary/aromatic N) is 4. The van der Waals surface area contributed by atoms with Crippen LogP contribution in [-0.2, 0) is 18.3 Å². The van der Waals surface area contributed by atoms with Crippen LogP contribution in [0, 0.1) is 5.92 Å². The number of fused-ring (bicyclic) bond motifs is 4. The zero-order valence-electron chi connectivity index (χ0n) is 19.6. The van der Waals surface area contributed by atoms with Gasteiger partial charge in [-0.1, -0.05) is 60.6 Å². The van der Waals surface area contributed by atoms with E-state index in [0.29, 0.717) is 5.92 Å². The molecule has 35 heavy (non-hydrogen) atoms. The minimum atomic E-state index is -0.241. The van der Waals surface area contributed by atoms with Crippen LogP contribution in [0.1, 0.15) is 47.5 Å². The van der Waals surface area contributed by atoms with Gasteiger partial charge in [0.2, 0.25) is 0 Å². The van der Waals surface area contributed by atoms with Crippen molar-refractivity contribution >= 4 is 0 Å². The van der Waals surface area contributed by atoms with Gasteiger partial charge in [-0.2, -0.15) is 0 Å². The van der Waals surface area contributed by atoms with Crippen LogP contribution in [0.5, 0.6) is 0 Å². The lowest BCUT2D eigenvalue weighted by Gasteiger charge is -2.49. The zero-order valence-corrected chi connectivity index (χ0v) is 19.6. The van der Waals surface area contributed by atoms with Gasteiger partial charge in [0.05, 0.1) is 11.9 Å². The Balaban J connectivity index is 1.56. The smallest absolute Gasteiger partial charge is 0.145 e. The molecule has 0 unspecified atom stereocenters. The molecule has 0 bridgehead atoms. The molecule has 0 N–H and O–H groups in total. The normalized spacial score (nSPS) is 22.8. The number of hydrogen-bond donors (Lipinski definition) is 0. The maximum absolute atomic E-state index is 5.77. The molecule has 0 fully saturated rings. The monoisotopic (exact) mass is 458 g/mol. The predicted octanol–water partition coefficient (Wildman–Crippen LogP) is 6.13. The molecule has 2 aromatic carbocycles. The highest BCUT2D eigenvalue weighted by molar-refractivity contribution is 5.63. The molecule has 0 aliphatic heterocycles. The second kappa shape index (κ2) is 7.77. The van der Waals surface area contributed by atoms with E-state index in [4.69, 9.17) is 9.51 Å². The Morgan fingerprint density at radius 2 is 1.69 bits per heavy atom. The molecule has 0 radical (unpaired) electrons. The van der Waals surface area contributed by atoms with Gasteiger partial charge in [-0.05, 0) is 55.0 Å². The minimum Gasteiger partial charge on any atom is -0.361 e. The summed E-state index contributed by atoms with van der Waals surface area (Å²) in [5.41, 5.74) is 6.99. The van der Waals surface area contributed by atoms with Gasteiger partial charge in [0, 0.05) is 46.2 Å². The van der Waals surface area contributed by atoms with Crippen molar-refractivity contribution in [3.05, 3.63) is 120 Å². The largest absolute Gasteiger partial charge is 0.361 e. The summed E-state index contributed by atoms with van der Waals surface area (Å²) in [4.78, 5) is 9.76. The lowest BCUT2D eigenvalue weighted by molar-refractivity contribution is 0.189. The molecule has 3 heterocycles. The molecule has 7 rings (SSSR count). The second-order valence-electron chi connectivity index (χ2n) is 9.80. The topological polar surface area (TPSA) is 56.7 Å². The van der Waals surface area contributed by atoms with E-state index in [0.717, 1.165) is 42.1 Å². The molecule has 5 heteroatoms.